The summed E-state index contributed by atoms with van der Waals surface area (Å²) in [5.41, 5.74) is 0.531. The van der Waals surface area contributed by atoms with Crippen LogP contribution in [0, 0.1) is 11.8 Å². The van der Waals surface area contributed by atoms with Crippen molar-refractivity contribution in [3.8, 4) is 5.75 Å². The summed E-state index contributed by atoms with van der Waals surface area (Å²) >= 11 is 0. The number of carbonyl (C=O) groups is 1. The Bertz CT molecular complexity index is 519. The summed E-state index contributed by atoms with van der Waals surface area (Å²) in [5.74, 6) is 0.960. The number of nitrogens with zero attached hydrogens (tertiary/aromatic N) is 1. The van der Waals surface area contributed by atoms with Crippen molar-refractivity contribution in [3.05, 3.63) is 29.8 Å². The Hall–Kier alpha value is -1.59. The molecule has 2 aliphatic heterocycles. The molecule has 3 atom stereocenters. The topological polar surface area (TPSA) is 59.0 Å². The lowest BCUT2D eigenvalue weighted by molar-refractivity contribution is 0.0666. The van der Waals surface area contributed by atoms with E-state index in [1.54, 1.807) is 25.3 Å². The Morgan fingerprint density at radius 3 is 3.10 bits per heavy atom. The maximum atomic E-state index is 12.5. The summed E-state index contributed by atoms with van der Waals surface area (Å²) in [5, 5.41) is 9.50. The third kappa shape index (κ3) is 2.89. The monoisotopic (exact) mass is 291 g/mol. The number of carbonyl (C=O) groups excluding carboxylic acids is 1. The van der Waals surface area contributed by atoms with Gasteiger partial charge in [-0.2, -0.15) is 0 Å². The molecule has 2 heterocycles. The number of ether oxygens (including phenoxy) is 2. The molecule has 3 rings (SSSR count). The zero-order chi connectivity index (χ0) is 14.8. The van der Waals surface area contributed by atoms with Gasteiger partial charge < -0.3 is 19.5 Å². The van der Waals surface area contributed by atoms with Gasteiger partial charge in [0.25, 0.3) is 5.91 Å². The van der Waals surface area contributed by atoms with Crippen LogP contribution in [0.15, 0.2) is 24.3 Å². The molecule has 0 aromatic heterocycles. The quantitative estimate of drug-likeness (QED) is 0.913. The van der Waals surface area contributed by atoms with Crippen molar-refractivity contribution in [2.24, 2.45) is 11.8 Å². The highest BCUT2D eigenvalue weighted by molar-refractivity contribution is 5.94. The maximum absolute atomic E-state index is 12.5. The Labute approximate surface area is 124 Å². The van der Waals surface area contributed by atoms with Crippen LogP contribution in [-0.4, -0.2) is 55.4 Å². The molecule has 0 saturated carbocycles. The first-order chi connectivity index (χ1) is 10.2. The Kier molecular flexibility index (Phi) is 4.12. The number of fused-ring (bicyclic) bond motifs is 1. The van der Waals surface area contributed by atoms with E-state index in [-0.39, 0.29) is 17.8 Å². The van der Waals surface area contributed by atoms with Gasteiger partial charge in [-0.3, -0.25) is 4.79 Å². The van der Waals surface area contributed by atoms with E-state index >= 15 is 0 Å². The Balaban J connectivity index is 1.66. The van der Waals surface area contributed by atoms with Crippen molar-refractivity contribution in [3.63, 3.8) is 0 Å². The van der Waals surface area contributed by atoms with E-state index in [9.17, 15) is 9.90 Å². The minimum atomic E-state index is -0.0330. The molecule has 2 saturated heterocycles. The van der Waals surface area contributed by atoms with E-state index in [0.29, 0.717) is 23.9 Å². The summed E-state index contributed by atoms with van der Waals surface area (Å²) in [7, 11) is 1.71. The number of hydrogen-bond donors (Lipinski definition) is 1. The van der Waals surface area contributed by atoms with E-state index in [4.69, 9.17) is 9.47 Å². The predicted molar refractivity (Wildman–Crippen MR) is 77.2 cm³/mol. The average Bonchev–Trinajstić information content (AvgIpc) is 3.05. The molecular weight excluding hydrogens is 270 g/mol. The molecule has 5 heteroatoms. The number of phenolic OH excluding ortho intramolecular Hbond substituents is 1. The van der Waals surface area contributed by atoms with Crippen molar-refractivity contribution in [1.82, 2.24) is 4.90 Å². The summed E-state index contributed by atoms with van der Waals surface area (Å²) in [6, 6.07) is 6.51. The second kappa shape index (κ2) is 6.03. The molecule has 0 bridgehead atoms. The Morgan fingerprint density at radius 1 is 1.48 bits per heavy atom. The smallest absolute Gasteiger partial charge is 0.254 e. The number of amides is 1. The molecule has 1 amide bonds. The summed E-state index contributed by atoms with van der Waals surface area (Å²) < 4.78 is 11.0. The van der Waals surface area contributed by atoms with Gasteiger partial charge in [-0.05, 0) is 30.5 Å². The third-order valence-corrected chi connectivity index (χ3v) is 4.51. The molecular formula is C16H21NO4. The number of phenols is 1. The maximum Gasteiger partial charge on any atom is 0.254 e. The van der Waals surface area contributed by atoms with Crippen LogP contribution in [0.4, 0.5) is 0 Å². The molecule has 1 aromatic rings. The lowest BCUT2D eigenvalue weighted by atomic mass is 9.91. The van der Waals surface area contributed by atoms with Gasteiger partial charge in [0.15, 0.2) is 0 Å². The second-order valence-electron chi connectivity index (χ2n) is 5.84. The zero-order valence-electron chi connectivity index (χ0n) is 12.2. The highest BCUT2D eigenvalue weighted by atomic mass is 16.5. The average molecular weight is 291 g/mol. The molecule has 1 N–H and O–H groups in total. The van der Waals surface area contributed by atoms with Gasteiger partial charge in [0.1, 0.15) is 5.75 Å². The fourth-order valence-electron chi connectivity index (χ4n) is 3.35. The lowest BCUT2D eigenvalue weighted by Crippen LogP contribution is -2.31. The van der Waals surface area contributed by atoms with E-state index in [0.717, 1.165) is 26.2 Å². The van der Waals surface area contributed by atoms with Gasteiger partial charge in [0.2, 0.25) is 0 Å². The molecule has 21 heavy (non-hydrogen) atoms. The van der Waals surface area contributed by atoms with E-state index < -0.39 is 0 Å². The van der Waals surface area contributed by atoms with Crippen LogP contribution < -0.4 is 0 Å². The number of benzene rings is 1. The second-order valence-corrected chi connectivity index (χ2v) is 5.84. The first-order valence-electron chi connectivity index (χ1n) is 7.38. The number of hydrogen-bond acceptors (Lipinski definition) is 4. The largest absolute Gasteiger partial charge is 0.508 e. The molecule has 114 valence electrons. The van der Waals surface area contributed by atoms with Crippen LogP contribution in [0.25, 0.3) is 0 Å². The van der Waals surface area contributed by atoms with Crippen molar-refractivity contribution in [2.75, 3.05) is 33.4 Å². The zero-order valence-corrected chi connectivity index (χ0v) is 12.2. The normalized spacial score (nSPS) is 27.9. The first kappa shape index (κ1) is 14.4. The van der Waals surface area contributed by atoms with Crippen molar-refractivity contribution in [1.29, 1.82) is 0 Å². The standard InChI is InChI=1S/C16H21NO4/c1-20-6-5-12-10-21-15-9-17(8-14(12)15)16(19)11-3-2-4-13(18)7-11/h2-4,7,12,14-15,18H,5-6,8-10H2,1H3/t12-,14-,15-/m0/s1. The van der Waals surface area contributed by atoms with Crippen LogP contribution in [0.5, 0.6) is 5.75 Å². The fraction of sp³-hybridized carbons (Fsp3) is 0.562. The first-order valence-corrected chi connectivity index (χ1v) is 7.38. The van der Waals surface area contributed by atoms with Crippen LogP contribution in [-0.2, 0) is 9.47 Å². The number of aromatic hydroxyl groups is 1. The Morgan fingerprint density at radius 2 is 2.33 bits per heavy atom. The molecule has 0 spiro atoms. The molecule has 0 unspecified atom stereocenters. The van der Waals surface area contributed by atoms with Crippen LogP contribution in [0.3, 0.4) is 0 Å². The molecule has 0 radical (unpaired) electrons. The van der Waals surface area contributed by atoms with Crippen LogP contribution in [0.2, 0.25) is 0 Å². The molecule has 0 aliphatic carbocycles. The lowest BCUT2D eigenvalue weighted by Gasteiger charge is -2.20. The van der Waals surface area contributed by atoms with E-state index in [1.807, 2.05) is 4.90 Å². The highest BCUT2D eigenvalue weighted by Crippen LogP contribution is 2.36. The molecule has 5 nitrogen and oxygen atoms in total. The van der Waals surface area contributed by atoms with Gasteiger partial charge >= 0.3 is 0 Å². The number of rotatable bonds is 4. The minimum Gasteiger partial charge on any atom is -0.508 e. The highest BCUT2D eigenvalue weighted by Gasteiger charge is 2.44. The number of methoxy groups -OCH3 is 1. The van der Waals surface area contributed by atoms with Crippen LogP contribution in [0.1, 0.15) is 16.8 Å². The number of likely N-dealkylation sites (tertiary alicyclic amines) is 1. The van der Waals surface area contributed by atoms with Gasteiger partial charge in [-0.1, -0.05) is 6.07 Å². The molecule has 1 aromatic carbocycles. The minimum absolute atomic E-state index is 0.0330. The molecule has 2 aliphatic rings. The fourth-order valence-corrected chi connectivity index (χ4v) is 3.35. The summed E-state index contributed by atoms with van der Waals surface area (Å²) in [6.07, 6.45) is 1.12. The predicted octanol–water partition coefficient (Wildman–Crippen LogP) is 1.52. The van der Waals surface area contributed by atoms with Crippen molar-refractivity contribution in [2.45, 2.75) is 12.5 Å². The van der Waals surface area contributed by atoms with Gasteiger partial charge in [-0.25, -0.2) is 0 Å². The van der Waals surface area contributed by atoms with E-state index in [2.05, 4.69) is 0 Å². The van der Waals surface area contributed by atoms with Gasteiger partial charge in [0.05, 0.1) is 12.7 Å². The van der Waals surface area contributed by atoms with Crippen molar-refractivity contribution >= 4 is 5.91 Å². The van der Waals surface area contributed by atoms with Crippen molar-refractivity contribution < 1.29 is 19.4 Å². The van der Waals surface area contributed by atoms with Crippen LogP contribution >= 0.6 is 0 Å². The molecule has 2 fully saturated rings. The van der Waals surface area contributed by atoms with E-state index in [1.165, 1.54) is 6.07 Å². The summed E-state index contributed by atoms with van der Waals surface area (Å²) in [6.45, 7) is 2.88. The van der Waals surface area contributed by atoms with Gasteiger partial charge in [-0.15, -0.1) is 0 Å². The van der Waals surface area contributed by atoms with Gasteiger partial charge in [0, 0.05) is 38.3 Å². The SMILES string of the molecule is COCC[C@H]1CO[C@H]2CN(C(=O)c3cccc(O)c3)C[C@@H]12. The summed E-state index contributed by atoms with van der Waals surface area (Å²) in [4.78, 5) is 14.3. The third-order valence-electron chi connectivity index (χ3n) is 4.51.